The van der Waals surface area contributed by atoms with Crippen LogP contribution in [0.4, 0.5) is 4.39 Å². The molecule has 0 amide bonds. The van der Waals surface area contributed by atoms with E-state index in [9.17, 15) is 4.39 Å². The maximum absolute atomic E-state index is 14.1. The fourth-order valence-corrected chi connectivity index (χ4v) is 2.87. The molecule has 1 N–H and O–H groups in total. The van der Waals surface area contributed by atoms with Crippen LogP contribution in [-0.2, 0) is 0 Å². The van der Waals surface area contributed by atoms with E-state index < -0.39 is 0 Å². The molecule has 18 heavy (non-hydrogen) atoms. The van der Waals surface area contributed by atoms with Gasteiger partial charge in [0.25, 0.3) is 0 Å². The highest BCUT2D eigenvalue weighted by molar-refractivity contribution is 7.10. The summed E-state index contributed by atoms with van der Waals surface area (Å²) in [6.07, 6.45) is 0. The molecule has 2 aromatic rings. The van der Waals surface area contributed by atoms with Crippen LogP contribution < -0.4 is 10.1 Å². The Morgan fingerprint density at radius 2 is 2.11 bits per heavy atom. The number of hydrogen-bond acceptors (Lipinski definition) is 3. The fourth-order valence-electron chi connectivity index (χ4n) is 2.13. The lowest BCUT2D eigenvalue weighted by molar-refractivity contribution is 0.398. The molecule has 1 aromatic carbocycles. The molecule has 1 atom stereocenters. The summed E-state index contributed by atoms with van der Waals surface area (Å²) in [4.78, 5) is 1.18. The molecule has 0 saturated carbocycles. The third kappa shape index (κ3) is 2.26. The maximum atomic E-state index is 14.1. The molecule has 0 aliphatic heterocycles. The average Bonchev–Trinajstić information content (AvgIpc) is 2.79. The molecular weight excluding hydrogens is 249 g/mol. The number of rotatable bonds is 4. The van der Waals surface area contributed by atoms with E-state index in [-0.39, 0.29) is 11.9 Å². The minimum atomic E-state index is -0.251. The van der Waals surface area contributed by atoms with Crippen LogP contribution in [0.3, 0.4) is 0 Å². The lowest BCUT2D eigenvalue weighted by Gasteiger charge is -2.20. The molecule has 0 aliphatic carbocycles. The van der Waals surface area contributed by atoms with Crippen LogP contribution in [0.25, 0.3) is 0 Å². The molecule has 0 bridgehead atoms. The first-order chi connectivity index (χ1) is 8.69. The van der Waals surface area contributed by atoms with Gasteiger partial charge in [-0.1, -0.05) is 6.07 Å². The van der Waals surface area contributed by atoms with E-state index in [0.717, 1.165) is 5.56 Å². The molecular formula is C14H16FNOS. The summed E-state index contributed by atoms with van der Waals surface area (Å²) in [5.74, 6) is 0.319. The number of benzene rings is 1. The Hall–Kier alpha value is -1.39. The summed E-state index contributed by atoms with van der Waals surface area (Å²) >= 11 is 1.66. The van der Waals surface area contributed by atoms with Gasteiger partial charge in [-0.05, 0) is 43.1 Å². The number of thiophene rings is 1. The van der Waals surface area contributed by atoms with Crippen LogP contribution >= 0.6 is 11.3 Å². The molecule has 1 heterocycles. The average molecular weight is 265 g/mol. The van der Waals surface area contributed by atoms with Crippen molar-refractivity contribution >= 4 is 11.3 Å². The topological polar surface area (TPSA) is 21.3 Å². The molecule has 4 heteroatoms. The third-order valence-electron chi connectivity index (χ3n) is 3.02. The lowest BCUT2D eigenvalue weighted by Crippen LogP contribution is -2.20. The second kappa shape index (κ2) is 5.50. The third-order valence-corrected chi connectivity index (χ3v) is 3.88. The molecule has 0 aliphatic rings. The van der Waals surface area contributed by atoms with E-state index in [4.69, 9.17) is 4.74 Å². The highest BCUT2D eigenvalue weighted by Gasteiger charge is 2.22. The van der Waals surface area contributed by atoms with Gasteiger partial charge in [-0.15, -0.1) is 11.3 Å². The maximum Gasteiger partial charge on any atom is 0.132 e. The summed E-state index contributed by atoms with van der Waals surface area (Å²) in [5, 5.41) is 5.18. The summed E-state index contributed by atoms with van der Waals surface area (Å²) in [6.45, 7) is 2.04. The van der Waals surface area contributed by atoms with Crippen LogP contribution in [0, 0.1) is 12.7 Å². The Bertz CT molecular complexity index is 538. The van der Waals surface area contributed by atoms with Crippen LogP contribution in [0.2, 0.25) is 0 Å². The number of halogens is 1. The van der Waals surface area contributed by atoms with Crippen LogP contribution in [0.15, 0.2) is 29.6 Å². The minimum Gasteiger partial charge on any atom is -0.496 e. The van der Waals surface area contributed by atoms with Crippen molar-refractivity contribution in [1.29, 1.82) is 0 Å². The van der Waals surface area contributed by atoms with E-state index in [1.165, 1.54) is 10.9 Å². The summed E-state index contributed by atoms with van der Waals surface area (Å²) in [5.41, 5.74) is 1.65. The van der Waals surface area contributed by atoms with Gasteiger partial charge in [-0.25, -0.2) is 4.39 Å². The van der Waals surface area contributed by atoms with E-state index in [1.54, 1.807) is 30.6 Å². The minimum absolute atomic E-state index is 0.188. The first kappa shape index (κ1) is 13.1. The van der Waals surface area contributed by atoms with Crippen LogP contribution in [0.1, 0.15) is 22.0 Å². The fraction of sp³-hybridized carbons (Fsp3) is 0.286. The predicted octanol–water partition coefficient (Wildman–Crippen LogP) is 3.51. The highest BCUT2D eigenvalue weighted by Crippen LogP contribution is 2.34. The molecule has 96 valence electrons. The van der Waals surface area contributed by atoms with E-state index in [2.05, 4.69) is 5.32 Å². The smallest absolute Gasteiger partial charge is 0.132 e. The second-order valence-corrected chi connectivity index (χ2v) is 5.13. The van der Waals surface area contributed by atoms with Crippen molar-refractivity contribution in [1.82, 2.24) is 5.32 Å². The van der Waals surface area contributed by atoms with E-state index in [0.29, 0.717) is 11.3 Å². The van der Waals surface area contributed by atoms with Gasteiger partial charge in [-0.3, -0.25) is 0 Å². The normalized spacial score (nSPS) is 12.4. The Kier molecular flexibility index (Phi) is 3.99. The van der Waals surface area contributed by atoms with E-state index >= 15 is 0 Å². The number of nitrogens with one attached hydrogen (secondary N) is 1. The van der Waals surface area contributed by atoms with Gasteiger partial charge in [0, 0.05) is 4.88 Å². The Labute approximate surface area is 110 Å². The summed E-state index contributed by atoms with van der Waals surface area (Å²) in [6, 6.07) is 6.74. The van der Waals surface area contributed by atoms with Gasteiger partial charge in [0.05, 0.1) is 18.7 Å². The molecule has 0 fully saturated rings. The van der Waals surface area contributed by atoms with Gasteiger partial charge >= 0.3 is 0 Å². The standard InChI is InChI=1S/C14H16FNOS/c1-9-10(7-8-18-9)14(16-2)13-11(15)5-4-6-12(13)17-3/h4-8,14,16H,1-3H3. The molecule has 0 saturated heterocycles. The van der Waals surface area contributed by atoms with Crippen molar-refractivity contribution in [3.05, 3.63) is 51.5 Å². The molecule has 0 radical (unpaired) electrons. The second-order valence-electron chi connectivity index (χ2n) is 4.01. The van der Waals surface area contributed by atoms with Crippen molar-refractivity contribution in [2.75, 3.05) is 14.2 Å². The highest BCUT2D eigenvalue weighted by atomic mass is 32.1. The van der Waals surface area contributed by atoms with Gasteiger partial charge < -0.3 is 10.1 Å². The molecule has 2 rings (SSSR count). The van der Waals surface area contributed by atoms with Crippen LogP contribution in [0.5, 0.6) is 5.75 Å². The Morgan fingerprint density at radius 3 is 2.67 bits per heavy atom. The number of methoxy groups -OCH3 is 1. The van der Waals surface area contributed by atoms with Crippen molar-refractivity contribution in [3.63, 3.8) is 0 Å². The molecule has 1 aromatic heterocycles. The quantitative estimate of drug-likeness (QED) is 0.913. The van der Waals surface area contributed by atoms with Crippen LogP contribution in [-0.4, -0.2) is 14.2 Å². The zero-order chi connectivity index (χ0) is 13.1. The molecule has 2 nitrogen and oxygen atoms in total. The number of ether oxygens (including phenoxy) is 1. The van der Waals surface area contributed by atoms with Gasteiger partial charge in [0.2, 0.25) is 0 Å². The summed E-state index contributed by atoms with van der Waals surface area (Å²) < 4.78 is 19.4. The SMILES string of the molecule is CNC(c1ccsc1C)c1c(F)cccc1OC. The first-order valence-electron chi connectivity index (χ1n) is 5.72. The van der Waals surface area contributed by atoms with Crippen molar-refractivity contribution in [2.45, 2.75) is 13.0 Å². The first-order valence-corrected chi connectivity index (χ1v) is 6.60. The molecule has 1 unspecified atom stereocenters. The van der Waals surface area contributed by atoms with Gasteiger partial charge in [0.1, 0.15) is 11.6 Å². The Balaban J connectivity index is 2.55. The summed E-state index contributed by atoms with van der Waals surface area (Å²) in [7, 11) is 3.39. The number of hydrogen-bond donors (Lipinski definition) is 1. The van der Waals surface area contributed by atoms with Gasteiger partial charge in [-0.2, -0.15) is 0 Å². The predicted molar refractivity (Wildman–Crippen MR) is 72.9 cm³/mol. The zero-order valence-electron chi connectivity index (χ0n) is 10.7. The Morgan fingerprint density at radius 1 is 1.33 bits per heavy atom. The largest absolute Gasteiger partial charge is 0.496 e. The van der Waals surface area contributed by atoms with E-state index in [1.807, 2.05) is 25.4 Å². The zero-order valence-corrected chi connectivity index (χ0v) is 11.5. The van der Waals surface area contributed by atoms with Crippen molar-refractivity contribution in [3.8, 4) is 5.75 Å². The number of aryl methyl sites for hydroxylation is 1. The monoisotopic (exact) mass is 265 g/mol. The lowest BCUT2D eigenvalue weighted by atomic mass is 9.98. The van der Waals surface area contributed by atoms with Crippen molar-refractivity contribution in [2.24, 2.45) is 0 Å². The van der Waals surface area contributed by atoms with Crippen molar-refractivity contribution < 1.29 is 9.13 Å². The van der Waals surface area contributed by atoms with Gasteiger partial charge in [0.15, 0.2) is 0 Å². The molecule has 0 spiro atoms.